The van der Waals surface area contributed by atoms with Gasteiger partial charge in [-0.2, -0.15) is 0 Å². The quantitative estimate of drug-likeness (QED) is 0.585. The van der Waals surface area contributed by atoms with E-state index >= 15 is 0 Å². The number of fused-ring (bicyclic) bond motifs is 1. The maximum atomic E-state index is 5.52. The Morgan fingerprint density at radius 1 is 1.50 bits per heavy atom. The number of nitrogens with two attached hydrogens (primary N) is 1. The van der Waals surface area contributed by atoms with Crippen LogP contribution < -0.4 is 11.1 Å². The predicted molar refractivity (Wildman–Crippen MR) is 49.0 cm³/mol. The molecule has 0 unspecified atom stereocenters. The van der Waals surface area contributed by atoms with Crippen LogP contribution in [0.25, 0.3) is 0 Å². The summed E-state index contributed by atoms with van der Waals surface area (Å²) in [5, 5.41) is 3.37. The lowest BCUT2D eigenvalue weighted by Gasteiger charge is -2.13. The van der Waals surface area contributed by atoms with Gasteiger partial charge in [-0.3, -0.25) is 0 Å². The Bertz CT molecular complexity index is 265. The molecule has 12 heavy (non-hydrogen) atoms. The van der Waals surface area contributed by atoms with Gasteiger partial charge in [0.05, 0.1) is 0 Å². The first kappa shape index (κ1) is 7.83. The van der Waals surface area contributed by atoms with Crippen molar-refractivity contribution in [3.8, 4) is 0 Å². The lowest BCUT2D eigenvalue weighted by atomic mass is 10.0. The Kier molecular flexibility index (Phi) is 2.15. The highest BCUT2D eigenvalue weighted by atomic mass is 14.9. The molecular weight excluding hydrogens is 150 g/mol. The SMILES string of the molecule is NCCc1c[nH]c2c1CNCC2. The van der Waals surface area contributed by atoms with Gasteiger partial charge in [0.15, 0.2) is 0 Å². The molecule has 1 aromatic rings. The maximum absolute atomic E-state index is 5.52. The molecule has 0 saturated carbocycles. The van der Waals surface area contributed by atoms with E-state index in [1.807, 2.05) is 0 Å². The molecule has 66 valence electrons. The Morgan fingerprint density at radius 3 is 3.25 bits per heavy atom. The van der Waals surface area contributed by atoms with Gasteiger partial charge in [-0.1, -0.05) is 0 Å². The van der Waals surface area contributed by atoms with Crippen LogP contribution in [0, 0.1) is 0 Å². The van der Waals surface area contributed by atoms with E-state index in [1.165, 1.54) is 16.8 Å². The van der Waals surface area contributed by atoms with Crippen molar-refractivity contribution in [2.45, 2.75) is 19.4 Å². The van der Waals surface area contributed by atoms with Gasteiger partial charge in [0.1, 0.15) is 0 Å². The number of hydrogen-bond acceptors (Lipinski definition) is 2. The van der Waals surface area contributed by atoms with Crippen molar-refractivity contribution in [2.24, 2.45) is 5.73 Å². The van der Waals surface area contributed by atoms with Crippen LogP contribution in [0.2, 0.25) is 0 Å². The van der Waals surface area contributed by atoms with E-state index in [4.69, 9.17) is 5.73 Å². The zero-order valence-corrected chi connectivity index (χ0v) is 7.19. The van der Waals surface area contributed by atoms with Gasteiger partial charge >= 0.3 is 0 Å². The first-order valence-corrected chi connectivity index (χ1v) is 4.50. The molecule has 4 N–H and O–H groups in total. The standard InChI is InChI=1S/C9H15N3/c10-3-1-7-5-12-9-2-4-11-6-8(7)9/h5,11-12H,1-4,6,10H2. The number of aromatic amines is 1. The molecule has 2 rings (SSSR count). The zero-order chi connectivity index (χ0) is 8.39. The van der Waals surface area contributed by atoms with Crippen molar-refractivity contribution in [1.82, 2.24) is 10.3 Å². The normalized spacial score (nSPS) is 16.1. The molecule has 0 spiro atoms. The highest BCUT2D eigenvalue weighted by Crippen LogP contribution is 2.17. The van der Waals surface area contributed by atoms with E-state index < -0.39 is 0 Å². The first-order chi connectivity index (χ1) is 5.92. The van der Waals surface area contributed by atoms with Crippen LogP contribution in [0.3, 0.4) is 0 Å². The molecule has 1 aromatic heterocycles. The second kappa shape index (κ2) is 3.29. The third kappa shape index (κ3) is 1.26. The number of nitrogens with one attached hydrogen (secondary N) is 2. The maximum Gasteiger partial charge on any atom is 0.0226 e. The number of H-pyrrole nitrogens is 1. The van der Waals surface area contributed by atoms with E-state index in [0.29, 0.717) is 0 Å². The summed E-state index contributed by atoms with van der Waals surface area (Å²) in [6.45, 7) is 2.84. The molecule has 0 fully saturated rings. The molecule has 0 amide bonds. The fourth-order valence-corrected chi connectivity index (χ4v) is 1.79. The van der Waals surface area contributed by atoms with E-state index in [2.05, 4.69) is 16.5 Å². The number of hydrogen-bond donors (Lipinski definition) is 3. The van der Waals surface area contributed by atoms with Crippen molar-refractivity contribution >= 4 is 0 Å². The van der Waals surface area contributed by atoms with Crippen LogP contribution in [0.4, 0.5) is 0 Å². The minimum absolute atomic E-state index is 0.740. The third-order valence-corrected chi connectivity index (χ3v) is 2.44. The van der Waals surface area contributed by atoms with Crippen LogP contribution in [0.15, 0.2) is 6.20 Å². The lowest BCUT2D eigenvalue weighted by molar-refractivity contribution is 0.634. The zero-order valence-electron chi connectivity index (χ0n) is 7.19. The van der Waals surface area contributed by atoms with Gasteiger partial charge in [0.2, 0.25) is 0 Å². The summed E-state index contributed by atoms with van der Waals surface area (Å²) >= 11 is 0. The summed E-state index contributed by atoms with van der Waals surface area (Å²) < 4.78 is 0. The smallest absolute Gasteiger partial charge is 0.0226 e. The average Bonchev–Trinajstić information content (AvgIpc) is 2.50. The van der Waals surface area contributed by atoms with Crippen molar-refractivity contribution in [3.05, 3.63) is 23.0 Å². The van der Waals surface area contributed by atoms with Gasteiger partial charge in [0, 0.05) is 31.4 Å². The minimum Gasteiger partial charge on any atom is -0.364 e. The monoisotopic (exact) mass is 165 g/mol. The molecule has 3 heteroatoms. The third-order valence-electron chi connectivity index (χ3n) is 2.44. The molecule has 0 saturated heterocycles. The van der Waals surface area contributed by atoms with Crippen LogP contribution in [-0.2, 0) is 19.4 Å². The van der Waals surface area contributed by atoms with Crippen LogP contribution in [-0.4, -0.2) is 18.1 Å². The van der Waals surface area contributed by atoms with Gasteiger partial charge in [0.25, 0.3) is 0 Å². The van der Waals surface area contributed by atoms with Crippen molar-refractivity contribution in [3.63, 3.8) is 0 Å². The largest absolute Gasteiger partial charge is 0.364 e. The molecular formula is C9H15N3. The number of rotatable bonds is 2. The van der Waals surface area contributed by atoms with E-state index in [1.54, 1.807) is 0 Å². The highest BCUT2D eigenvalue weighted by molar-refractivity contribution is 5.32. The summed E-state index contributed by atoms with van der Waals surface area (Å²) in [6.07, 6.45) is 4.22. The number of aromatic nitrogens is 1. The predicted octanol–water partition coefficient (Wildman–Crippen LogP) is 0.162. The summed E-state index contributed by atoms with van der Waals surface area (Å²) in [4.78, 5) is 3.32. The Hall–Kier alpha value is -0.800. The van der Waals surface area contributed by atoms with E-state index in [-0.39, 0.29) is 0 Å². The van der Waals surface area contributed by atoms with Gasteiger partial charge in [-0.15, -0.1) is 0 Å². The molecule has 1 aliphatic heterocycles. The fraction of sp³-hybridized carbons (Fsp3) is 0.556. The van der Waals surface area contributed by atoms with Crippen molar-refractivity contribution < 1.29 is 0 Å². The molecule has 0 aromatic carbocycles. The Morgan fingerprint density at radius 2 is 2.42 bits per heavy atom. The Labute approximate surface area is 72.3 Å². The minimum atomic E-state index is 0.740. The molecule has 1 aliphatic rings. The summed E-state index contributed by atoms with van der Waals surface area (Å²) in [5.41, 5.74) is 9.76. The summed E-state index contributed by atoms with van der Waals surface area (Å²) in [7, 11) is 0. The molecule has 0 atom stereocenters. The Balaban J connectivity index is 2.25. The van der Waals surface area contributed by atoms with Crippen molar-refractivity contribution in [1.29, 1.82) is 0 Å². The van der Waals surface area contributed by atoms with Crippen LogP contribution in [0.1, 0.15) is 16.8 Å². The average molecular weight is 165 g/mol. The van der Waals surface area contributed by atoms with Gasteiger partial charge in [-0.05, 0) is 24.1 Å². The molecule has 3 nitrogen and oxygen atoms in total. The molecule has 0 radical (unpaired) electrons. The van der Waals surface area contributed by atoms with Gasteiger partial charge < -0.3 is 16.0 Å². The topological polar surface area (TPSA) is 53.8 Å². The van der Waals surface area contributed by atoms with Crippen LogP contribution >= 0.6 is 0 Å². The van der Waals surface area contributed by atoms with Gasteiger partial charge in [-0.25, -0.2) is 0 Å². The molecule has 0 bridgehead atoms. The molecule has 2 heterocycles. The lowest BCUT2D eigenvalue weighted by Crippen LogP contribution is -2.24. The van der Waals surface area contributed by atoms with Crippen LogP contribution in [0.5, 0.6) is 0 Å². The summed E-state index contributed by atoms with van der Waals surface area (Å²) in [5.74, 6) is 0. The van der Waals surface area contributed by atoms with E-state index in [0.717, 1.165) is 32.5 Å². The second-order valence-electron chi connectivity index (χ2n) is 3.24. The second-order valence-corrected chi connectivity index (χ2v) is 3.24. The first-order valence-electron chi connectivity index (χ1n) is 4.50. The fourth-order valence-electron chi connectivity index (χ4n) is 1.79. The van der Waals surface area contributed by atoms with E-state index in [9.17, 15) is 0 Å². The molecule has 0 aliphatic carbocycles. The van der Waals surface area contributed by atoms with Crippen molar-refractivity contribution in [2.75, 3.05) is 13.1 Å². The highest BCUT2D eigenvalue weighted by Gasteiger charge is 2.13. The summed E-state index contributed by atoms with van der Waals surface area (Å²) in [6, 6.07) is 0.